The molecular formula is C10H18N4OS. The molecule has 0 bridgehead atoms. The van der Waals surface area contributed by atoms with Gasteiger partial charge in [-0.3, -0.25) is 9.89 Å². The van der Waals surface area contributed by atoms with Crippen molar-refractivity contribution in [3.05, 3.63) is 10.6 Å². The third kappa shape index (κ3) is 3.44. The molecule has 0 aromatic carbocycles. The van der Waals surface area contributed by atoms with E-state index in [9.17, 15) is 4.79 Å². The summed E-state index contributed by atoms with van der Waals surface area (Å²) in [6.45, 7) is 5.37. The largest absolute Gasteiger partial charge is 0.356 e. The molecule has 1 heterocycles. The highest BCUT2D eigenvalue weighted by Crippen LogP contribution is 2.00. The van der Waals surface area contributed by atoms with Gasteiger partial charge in [0.05, 0.1) is 0 Å². The molecule has 6 heteroatoms. The maximum absolute atomic E-state index is 11.4. The fourth-order valence-corrected chi connectivity index (χ4v) is 1.66. The monoisotopic (exact) mass is 242 g/mol. The average molecular weight is 242 g/mol. The first-order chi connectivity index (χ1) is 7.69. The molecule has 0 radical (unpaired) electrons. The van der Waals surface area contributed by atoms with Gasteiger partial charge in [-0.1, -0.05) is 13.8 Å². The topological polar surface area (TPSA) is 62.7 Å². The Bertz CT molecular complexity index is 396. The first-order valence-corrected chi connectivity index (χ1v) is 6.00. The van der Waals surface area contributed by atoms with Crippen molar-refractivity contribution in [1.29, 1.82) is 0 Å². The maximum Gasteiger partial charge on any atom is 0.221 e. The zero-order valence-corrected chi connectivity index (χ0v) is 10.6. The summed E-state index contributed by atoms with van der Waals surface area (Å²) in [5, 5.41) is 9.66. The van der Waals surface area contributed by atoms with Crippen LogP contribution in [0.15, 0.2) is 0 Å². The summed E-state index contributed by atoms with van der Waals surface area (Å²) >= 11 is 5.09. The molecule has 1 aromatic heterocycles. The lowest BCUT2D eigenvalue weighted by atomic mass is 10.3. The van der Waals surface area contributed by atoms with Crippen LogP contribution in [-0.4, -0.2) is 27.2 Å². The first-order valence-electron chi connectivity index (χ1n) is 5.59. The molecule has 2 N–H and O–H groups in total. The number of carbonyl (C=O) groups excluding carboxylic acids is 1. The van der Waals surface area contributed by atoms with Crippen LogP contribution in [-0.2, 0) is 17.8 Å². The number of carbonyl (C=O) groups is 1. The quantitative estimate of drug-likeness (QED) is 0.742. The van der Waals surface area contributed by atoms with Crippen LogP contribution >= 0.6 is 12.2 Å². The van der Waals surface area contributed by atoms with Gasteiger partial charge in [-0.15, -0.1) is 0 Å². The van der Waals surface area contributed by atoms with Crippen LogP contribution < -0.4 is 5.32 Å². The van der Waals surface area contributed by atoms with Gasteiger partial charge < -0.3 is 9.88 Å². The number of hydrogen-bond donors (Lipinski definition) is 2. The van der Waals surface area contributed by atoms with Gasteiger partial charge in [-0.25, -0.2) is 0 Å². The van der Waals surface area contributed by atoms with E-state index >= 15 is 0 Å². The SMILES string of the molecule is CCCNC(=O)CCn1c(CC)n[nH]c1=S. The second-order valence-electron chi connectivity index (χ2n) is 3.55. The van der Waals surface area contributed by atoms with Crippen molar-refractivity contribution in [2.24, 2.45) is 0 Å². The van der Waals surface area contributed by atoms with Gasteiger partial charge in [-0.2, -0.15) is 5.10 Å². The van der Waals surface area contributed by atoms with Gasteiger partial charge in [-0.05, 0) is 18.6 Å². The molecule has 5 nitrogen and oxygen atoms in total. The van der Waals surface area contributed by atoms with Crippen molar-refractivity contribution in [2.45, 2.75) is 39.7 Å². The molecule has 1 aromatic rings. The van der Waals surface area contributed by atoms with Crippen molar-refractivity contribution >= 4 is 18.1 Å². The Hall–Kier alpha value is -1.17. The highest BCUT2D eigenvalue weighted by Gasteiger charge is 2.06. The minimum absolute atomic E-state index is 0.0620. The third-order valence-electron chi connectivity index (χ3n) is 2.29. The molecule has 0 saturated carbocycles. The molecule has 16 heavy (non-hydrogen) atoms. The van der Waals surface area contributed by atoms with Crippen molar-refractivity contribution in [3.63, 3.8) is 0 Å². The van der Waals surface area contributed by atoms with E-state index in [1.807, 2.05) is 18.4 Å². The molecule has 1 amide bonds. The molecule has 0 saturated heterocycles. The fourth-order valence-electron chi connectivity index (χ4n) is 1.42. The Kier molecular flexibility index (Phi) is 5.18. The lowest BCUT2D eigenvalue weighted by molar-refractivity contribution is -0.121. The third-order valence-corrected chi connectivity index (χ3v) is 2.60. The number of nitrogens with one attached hydrogen (secondary N) is 2. The van der Waals surface area contributed by atoms with E-state index in [4.69, 9.17) is 12.2 Å². The first kappa shape index (κ1) is 12.9. The summed E-state index contributed by atoms with van der Waals surface area (Å²) in [5.74, 6) is 0.959. The molecule has 1 rings (SSSR count). The number of nitrogens with zero attached hydrogens (tertiary/aromatic N) is 2. The zero-order valence-electron chi connectivity index (χ0n) is 9.75. The van der Waals surface area contributed by atoms with Gasteiger partial charge in [0.1, 0.15) is 5.82 Å². The van der Waals surface area contributed by atoms with Crippen LogP contribution in [0.25, 0.3) is 0 Å². The van der Waals surface area contributed by atoms with Crippen LogP contribution in [0.5, 0.6) is 0 Å². The van der Waals surface area contributed by atoms with Crippen LogP contribution in [0.2, 0.25) is 0 Å². The molecule has 0 aliphatic carbocycles. The van der Waals surface area contributed by atoms with Crippen LogP contribution in [0.3, 0.4) is 0 Å². The number of aromatic nitrogens is 3. The van der Waals surface area contributed by atoms with Gasteiger partial charge in [0.15, 0.2) is 4.77 Å². The number of hydrogen-bond acceptors (Lipinski definition) is 3. The average Bonchev–Trinajstić information content (AvgIpc) is 2.64. The van der Waals surface area contributed by atoms with Crippen molar-refractivity contribution in [2.75, 3.05) is 6.54 Å². The molecule has 0 fully saturated rings. The summed E-state index contributed by atoms with van der Waals surface area (Å²) in [4.78, 5) is 11.4. The van der Waals surface area contributed by atoms with Crippen LogP contribution in [0.4, 0.5) is 0 Å². The number of H-pyrrole nitrogens is 1. The summed E-state index contributed by atoms with van der Waals surface area (Å²) in [6, 6.07) is 0. The van der Waals surface area contributed by atoms with E-state index < -0.39 is 0 Å². The maximum atomic E-state index is 11.4. The van der Waals surface area contributed by atoms with Crippen molar-refractivity contribution in [1.82, 2.24) is 20.1 Å². The Labute approximate surface area is 100 Å². The predicted octanol–water partition coefficient (Wildman–Crippen LogP) is 1.42. The molecule has 0 aliphatic rings. The molecule has 0 spiro atoms. The fraction of sp³-hybridized carbons (Fsp3) is 0.700. The number of rotatable bonds is 6. The van der Waals surface area contributed by atoms with E-state index in [0.29, 0.717) is 17.7 Å². The van der Waals surface area contributed by atoms with Crippen molar-refractivity contribution < 1.29 is 4.79 Å². The standard InChI is InChI=1S/C10H18N4OS/c1-3-6-11-9(15)5-7-14-8(4-2)12-13-10(14)16/h3-7H2,1-2H3,(H,11,15)(H,13,16). The van der Waals surface area contributed by atoms with E-state index in [-0.39, 0.29) is 5.91 Å². The van der Waals surface area contributed by atoms with Crippen molar-refractivity contribution in [3.8, 4) is 0 Å². The van der Waals surface area contributed by atoms with Gasteiger partial charge >= 0.3 is 0 Å². The lowest BCUT2D eigenvalue weighted by Crippen LogP contribution is -2.25. The summed E-state index contributed by atoms with van der Waals surface area (Å²) in [6.07, 6.45) is 2.21. The molecule has 0 atom stereocenters. The smallest absolute Gasteiger partial charge is 0.221 e. The predicted molar refractivity (Wildman–Crippen MR) is 64.7 cm³/mol. The lowest BCUT2D eigenvalue weighted by Gasteiger charge is -2.05. The van der Waals surface area contributed by atoms with E-state index in [0.717, 1.165) is 25.2 Å². The van der Waals surface area contributed by atoms with E-state index in [2.05, 4.69) is 15.5 Å². The molecule has 0 unspecified atom stereocenters. The second-order valence-corrected chi connectivity index (χ2v) is 3.94. The van der Waals surface area contributed by atoms with Crippen LogP contribution in [0.1, 0.15) is 32.5 Å². The van der Waals surface area contributed by atoms with E-state index in [1.54, 1.807) is 0 Å². The Morgan fingerprint density at radius 3 is 2.94 bits per heavy atom. The highest BCUT2D eigenvalue weighted by atomic mass is 32.1. The number of aromatic amines is 1. The second kappa shape index (κ2) is 6.42. The van der Waals surface area contributed by atoms with Crippen LogP contribution in [0, 0.1) is 4.77 Å². The van der Waals surface area contributed by atoms with E-state index in [1.165, 1.54) is 0 Å². The Balaban J connectivity index is 2.50. The zero-order chi connectivity index (χ0) is 12.0. The minimum Gasteiger partial charge on any atom is -0.356 e. The van der Waals surface area contributed by atoms with Gasteiger partial charge in [0, 0.05) is 25.9 Å². The summed E-state index contributed by atoms with van der Waals surface area (Å²) < 4.78 is 2.46. The normalized spacial score (nSPS) is 10.4. The number of amides is 1. The molecular weight excluding hydrogens is 224 g/mol. The van der Waals surface area contributed by atoms with Gasteiger partial charge in [0.25, 0.3) is 0 Å². The highest BCUT2D eigenvalue weighted by molar-refractivity contribution is 7.71. The minimum atomic E-state index is 0.0620. The number of aryl methyl sites for hydroxylation is 1. The molecule has 0 aliphatic heterocycles. The summed E-state index contributed by atoms with van der Waals surface area (Å²) in [5.41, 5.74) is 0. The summed E-state index contributed by atoms with van der Waals surface area (Å²) in [7, 11) is 0. The Morgan fingerprint density at radius 2 is 2.31 bits per heavy atom. The Morgan fingerprint density at radius 1 is 1.56 bits per heavy atom. The molecule has 90 valence electrons. The van der Waals surface area contributed by atoms with Gasteiger partial charge in [0.2, 0.25) is 5.91 Å².